The van der Waals surface area contributed by atoms with Gasteiger partial charge < -0.3 is 15.2 Å². The number of rotatable bonds is 9. The minimum atomic E-state index is -0.939. The Balaban J connectivity index is 2.18. The Bertz CT molecular complexity index is 764. The summed E-state index contributed by atoms with van der Waals surface area (Å²) in [7, 11) is 0. The number of aromatic nitrogens is 2. The van der Waals surface area contributed by atoms with E-state index in [1.54, 1.807) is 0 Å². The second kappa shape index (κ2) is 9.21. The van der Waals surface area contributed by atoms with Gasteiger partial charge in [0, 0.05) is 12.0 Å². The molecule has 0 spiro atoms. The van der Waals surface area contributed by atoms with E-state index < -0.39 is 23.0 Å². The molecule has 1 heterocycles. The number of hydrogen-bond acceptors (Lipinski definition) is 5. The third-order valence-corrected chi connectivity index (χ3v) is 4.86. The van der Waals surface area contributed by atoms with E-state index in [9.17, 15) is 19.5 Å². The Hall–Kier alpha value is -2.38. The summed E-state index contributed by atoms with van der Waals surface area (Å²) in [6, 6.07) is 1.38. The first-order valence-electron chi connectivity index (χ1n) is 9.89. The molecule has 0 atom stereocenters. The molecule has 1 saturated carbocycles. The third-order valence-electron chi connectivity index (χ3n) is 4.86. The first-order chi connectivity index (χ1) is 13.1. The summed E-state index contributed by atoms with van der Waals surface area (Å²) in [6.07, 6.45) is 2.91. The van der Waals surface area contributed by atoms with Crippen molar-refractivity contribution < 1.29 is 19.4 Å². The zero-order chi connectivity index (χ0) is 20.9. The first kappa shape index (κ1) is 21.9. The van der Waals surface area contributed by atoms with E-state index in [0.29, 0.717) is 36.8 Å². The van der Waals surface area contributed by atoms with Crippen molar-refractivity contribution in [2.24, 2.45) is 5.92 Å². The van der Waals surface area contributed by atoms with Gasteiger partial charge in [-0.1, -0.05) is 40.5 Å². The molecule has 156 valence electrons. The maximum Gasteiger partial charge on any atom is 0.305 e. The topological polar surface area (TPSA) is 111 Å². The summed E-state index contributed by atoms with van der Waals surface area (Å²) in [5, 5.41) is 16.4. The van der Waals surface area contributed by atoms with Crippen LogP contribution in [0.4, 0.5) is 0 Å². The van der Waals surface area contributed by atoms with Crippen LogP contribution in [0.25, 0.3) is 0 Å². The van der Waals surface area contributed by atoms with Crippen molar-refractivity contribution in [3.8, 4) is 5.75 Å². The molecular formula is C20H31N3O5. The van der Waals surface area contributed by atoms with Gasteiger partial charge in [-0.15, -0.1) is 0 Å². The summed E-state index contributed by atoms with van der Waals surface area (Å²) in [6.45, 7) is 8.15. The van der Waals surface area contributed by atoms with E-state index >= 15 is 0 Å². The number of aliphatic carboxylic acids is 1. The van der Waals surface area contributed by atoms with Crippen LogP contribution >= 0.6 is 0 Å². The van der Waals surface area contributed by atoms with Crippen molar-refractivity contribution in [1.29, 1.82) is 0 Å². The lowest BCUT2D eigenvalue weighted by molar-refractivity contribution is -0.139. The summed E-state index contributed by atoms with van der Waals surface area (Å²) < 4.78 is 6.85. The zero-order valence-electron chi connectivity index (χ0n) is 17.2. The van der Waals surface area contributed by atoms with Crippen LogP contribution in [-0.2, 0) is 16.1 Å². The Kier molecular flexibility index (Phi) is 7.21. The standard InChI is InChI=1S/C20H31N3O5/c1-13(2)12-28-15-9-17(25)23(22-19(15)14(3)4)11-16(24)21-20(10-18(26)27)7-5-6-8-20/h9,13-14H,5-8,10-12H2,1-4H3,(H,21,24)(H,26,27). The van der Waals surface area contributed by atoms with Crippen LogP contribution < -0.4 is 15.6 Å². The molecule has 1 aliphatic rings. The van der Waals surface area contributed by atoms with E-state index in [2.05, 4.69) is 10.4 Å². The second-order valence-electron chi connectivity index (χ2n) is 8.36. The molecule has 28 heavy (non-hydrogen) atoms. The first-order valence-corrected chi connectivity index (χ1v) is 9.89. The molecule has 8 heteroatoms. The summed E-state index contributed by atoms with van der Waals surface area (Å²) in [4.78, 5) is 36.2. The molecule has 8 nitrogen and oxygen atoms in total. The summed E-state index contributed by atoms with van der Waals surface area (Å²) >= 11 is 0. The molecular weight excluding hydrogens is 362 g/mol. The second-order valence-corrected chi connectivity index (χ2v) is 8.36. The fraction of sp³-hybridized carbons (Fsp3) is 0.700. The van der Waals surface area contributed by atoms with Gasteiger partial charge in [0.05, 0.1) is 18.6 Å². The molecule has 0 bridgehead atoms. The number of hydrogen-bond donors (Lipinski definition) is 2. The lowest BCUT2D eigenvalue weighted by Crippen LogP contribution is -2.49. The normalized spacial score (nSPS) is 15.8. The van der Waals surface area contributed by atoms with Crippen LogP contribution in [0.2, 0.25) is 0 Å². The largest absolute Gasteiger partial charge is 0.491 e. The number of ether oxygens (including phenoxy) is 1. The minimum absolute atomic E-state index is 0.0188. The number of carboxylic acids is 1. The van der Waals surface area contributed by atoms with Gasteiger partial charge in [-0.3, -0.25) is 14.4 Å². The highest BCUT2D eigenvalue weighted by molar-refractivity contribution is 5.78. The summed E-state index contributed by atoms with van der Waals surface area (Å²) in [5.41, 5.74) is -0.528. The molecule has 1 aromatic rings. The Morgan fingerprint density at radius 3 is 2.46 bits per heavy atom. The molecule has 0 aromatic carbocycles. The van der Waals surface area contributed by atoms with Crippen molar-refractivity contribution in [1.82, 2.24) is 15.1 Å². The number of amides is 1. The lowest BCUT2D eigenvalue weighted by atomic mass is 9.93. The van der Waals surface area contributed by atoms with Gasteiger partial charge in [0.2, 0.25) is 5.91 Å². The van der Waals surface area contributed by atoms with Crippen LogP contribution in [0, 0.1) is 5.92 Å². The van der Waals surface area contributed by atoms with Gasteiger partial charge >= 0.3 is 5.97 Å². The van der Waals surface area contributed by atoms with E-state index in [-0.39, 0.29) is 18.9 Å². The van der Waals surface area contributed by atoms with Gasteiger partial charge in [-0.25, -0.2) is 4.68 Å². The minimum Gasteiger partial charge on any atom is -0.491 e. The molecule has 0 saturated heterocycles. The lowest BCUT2D eigenvalue weighted by Gasteiger charge is -2.28. The van der Waals surface area contributed by atoms with Crippen molar-refractivity contribution in [3.05, 3.63) is 22.1 Å². The van der Waals surface area contributed by atoms with Crippen LogP contribution in [-0.4, -0.2) is 38.9 Å². The number of carbonyl (C=O) groups is 2. The predicted molar refractivity (Wildman–Crippen MR) is 105 cm³/mol. The van der Waals surface area contributed by atoms with E-state index in [0.717, 1.165) is 17.5 Å². The zero-order valence-corrected chi connectivity index (χ0v) is 17.2. The highest BCUT2D eigenvalue weighted by atomic mass is 16.5. The van der Waals surface area contributed by atoms with Crippen molar-refractivity contribution >= 4 is 11.9 Å². The molecule has 2 rings (SSSR count). The molecule has 0 unspecified atom stereocenters. The van der Waals surface area contributed by atoms with Crippen molar-refractivity contribution in [2.75, 3.05) is 6.61 Å². The highest BCUT2D eigenvalue weighted by Crippen LogP contribution is 2.32. The molecule has 1 aliphatic carbocycles. The SMILES string of the molecule is CC(C)COc1cc(=O)n(CC(=O)NC2(CC(=O)O)CCCC2)nc1C(C)C. The van der Waals surface area contributed by atoms with Crippen molar-refractivity contribution in [2.45, 2.75) is 77.8 Å². The fourth-order valence-corrected chi connectivity index (χ4v) is 3.53. The van der Waals surface area contributed by atoms with Gasteiger partial charge in [-0.05, 0) is 18.8 Å². The Morgan fingerprint density at radius 2 is 1.93 bits per heavy atom. The Labute approximate surface area is 165 Å². The highest BCUT2D eigenvalue weighted by Gasteiger charge is 2.37. The van der Waals surface area contributed by atoms with Gasteiger partial charge in [-0.2, -0.15) is 5.10 Å². The summed E-state index contributed by atoms with van der Waals surface area (Å²) in [5.74, 6) is -0.562. The number of carbonyl (C=O) groups excluding carboxylic acids is 1. The fourth-order valence-electron chi connectivity index (χ4n) is 3.53. The van der Waals surface area contributed by atoms with Crippen molar-refractivity contribution in [3.63, 3.8) is 0 Å². The molecule has 1 aromatic heterocycles. The van der Waals surface area contributed by atoms with Crippen LogP contribution in [0.3, 0.4) is 0 Å². The molecule has 2 N–H and O–H groups in total. The molecule has 0 radical (unpaired) electrons. The molecule has 1 amide bonds. The number of carboxylic acid groups (broad SMARTS) is 1. The number of nitrogens with one attached hydrogen (secondary N) is 1. The predicted octanol–water partition coefficient (Wildman–Crippen LogP) is 2.31. The average Bonchev–Trinajstić information content (AvgIpc) is 3.01. The average molecular weight is 393 g/mol. The van der Waals surface area contributed by atoms with Gasteiger partial charge in [0.15, 0.2) is 0 Å². The quantitative estimate of drug-likeness (QED) is 0.666. The Morgan fingerprint density at radius 1 is 1.29 bits per heavy atom. The maximum atomic E-state index is 12.6. The van der Waals surface area contributed by atoms with Gasteiger partial charge in [0.1, 0.15) is 18.0 Å². The number of nitrogens with zero attached hydrogens (tertiary/aromatic N) is 2. The monoisotopic (exact) mass is 393 g/mol. The van der Waals surface area contributed by atoms with E-state index in [1.807, 2.05) is 27.7 Å². The molecule has 0 aliphatic heterocycles. The third kappa shape index (κ3) is 5.81. The maximum absolute atomic E-state index is 12.6. The van der Waals surface area contributed by atoms with E-state index in [1.165, 1.54) is 6.07 Å². The van der Waals surface area contributed by atoms with Crippen LogP contribution in [0.1, 0.15) is 71.4 Å². The smallest absolute Gasteiger partial charge is 0.305 e. The van der Waals surface area contributed by atoms with Crippen LogP contribution in [0.5, 0.6) is 5.75 Å². The van der Waals surface area contributed by atoms with E-state index in [4.69, 9.17) is 4.74 Å². The van der Waals surface area contributed by atoms with Gasteiger partial charge in [0.25, 0.3) is 5.56 Å². The van der Waals surface area contributed by atoms with Crippen LogP contribution in [0.15, 0.2) is 10.9 Å². The molecule has 1 fully saturated rings.